The number of hydrogen-bond donors (Lipinski definition) is 1. The van der Waals surface area contributed by atoms with Crippen molar-refractivity contribution in [3.63, 3.8) is 0 Å². The molecule has 1 aliphatic heterocycles. The standard InChI is InChI=1S/C13H16N4O3/c1-20-13(19)16-6-3-9(4-7-16)17-11-2-5-14-8-10(11)15-12(17)18/h2,5,8-9H,3-4,6-7H2,1H3,(H,15,18). The molecule has 1 N–H and O–H groups in total. The van der Waals surface area contributed by atoms with Crippen LogP contribution in [0.4, 0.5) is 4.79 Å². The van der Waals surface area contributed by atoms with Gasteiger partial charge in [-0.1, -0.05) is 0 Å². The molecule has 0 bridgehead atoms. The van der Waals surface area contributed by atoms with Gasteiger partial charge in [-0.2, -0.15) is 0 Å². The molecule has 20 heavy (non-hydrogen) atoms. The molecule has 2 aromatic rings. The lowest BCUT2D eigenvalue weighted by molar-refractivity contribution is 0.107. The number of hydrogen-bond acceptors (Lipinski definition) is 4. The quantitative estimate of drug-likeness (QED) is 0.846. The summed E-state index contributed by atoms with van der Waals surface area (Å²) in [6.45, 7) is 1.20. The van der Waals surface area contributed by atoms with Gasteiger partial charge in [-0.25, -0.2) is 9.59 Å². The summed E-state index contributed by atoms with van der Waals surface area (Å²) in [5.74, 6) is 0. The summed E-state index contributed by atoms with van der Waals surface area (Å²) in [5, 5.41) is 0. The second-order valence-electron chi connectivity index (χ2n) is 4.88. The molecule has 3 rings (SSSR count). The lowest BCUT2D eigenvalue weighted by Gasteiger charge is -2.31. The molecule has 3 heterocycles. The second kappa shape index (κ2) is 4.99. The Morgan fingerprint density at radius 1 is 1.45 bits per heavy atom. The average molecular weight is 276 g/mol. The van der Waals surface area contributed by atoms with Crippen LogP contribution >= 0.6 is 0 Å². The van der Waals surface area contributed by atoms with Gasteiger partial charge in [0.1, 0.15) is 0 Å². The van der Waals surface area contributed by atoms with E-state index in [1.807, 2.05) is 6.07 Å². The van der Waals surface area contributed by atoms with Crippen LogP contribution in [0.25, 0.3) is 11.0 Å². The van der Waals surface area contributed by atoms with Crippen molar-refractivity contribution in [2.75, 3.05) is 20.2 Å². The Hall–Kier alpha value is -2.31. The summed E-state index contributed by atoms with van der Waals surface area (Å²) in [5.41, 5.74) is 1.49. The average Bonchev–Trinajstić information content (AvgIpc) is 2.82. The summed E-state index contributed by atoms with van der Waals surface area (Å²) in [6, 6.07) is 1.93. The van der Waals surface area contributed by atoms with Crippen LogP contribution in [0.5, 0.6) is 0 Å². The third-order valence-electron chi connectivity index (χ3n) is 3.78. The Morgan fingerprint density at radius 2 is 2.20 bits per heavy atom. The summed E-state index contributed by atoms with van der Waals surface area (Å²) >= 11 is 0. The molecule has 0 aliphatic carbocycles. The maximum Gasteiger partial charge on any atom is 0.409 e. The van der Waals surface area contributed by atoms with Crippen LogP contribution in [0.3, 0.4) is 0 Å². The van der Waals surface area contributed by atoms with Crippen LogP contribution in [-0.2, 0) is 4.74 Å². The molecule has 7 heteroatoms. The maximum absolute atomic E-state index is 12.1. The van der Waals surface area contributed by atoms with Gasteiger partial charge < -0.3 is 14.6 Å². The SMILES string of the molecule is COC(=O)N1CCC(n2c(=O)[nH]c3cnccc32)CC1. The van der Waals surface area contributed by atoms with E-state index in [1.54, 1.807) is 21.9 Å². The monoisotopic (exact) mass is 276 g/mol. The number of nitrogens with one attached hydrogen (secondary N) is 1. The third kappa shape index (κ3) is 2.04. The van der Waals surface area contributed by atoms with E-state index in [1.165, 1.54) is 7.11 Å². The van der Waals surface area contributed by atoms with Gasteiger partial charge in [0.25, 0.3) is 0 Å². The fraction of sp³-hybridized carbons (Fsp3) is 0.462. The topological polar surface area (TPSA) is 80.2 Å². The zero-order valence-electron chi connectivity index (χ0n) is 11.2. The summed E-state index contributed by atoms with van der Waals surface area (Å²) in [7, 11) is 1.38. The maximum atomic E-state index is 12.1. The molecule has 0 saturated carbocycles. The molecule has 0 unspecified atom stereocenters. The van der Waals surface area contributed by atoms with Crippen molar-refractivity contribution < 1.29 is 9.53 Å². The number of imidazole rings is 1. The van der Waals surface area contributed by atoms with E-state index in [4.69, 9.17) is 4.74 Å². The van der Waals surface area contributed by atoms with Crippen molar-refractivity contribution in [3.05, 3.63) is 28.9 Å². The number of aromatic nitrogens is 3. The molecular formula is C13H16N4O3. The van der Waals surface area contributed by atoms with E-state index >= 15 is 0 Å². The molecule has 106 valence electrons. The smallest absolute Gasteiger partial charge is 0.409 e. The highest BCUT2D eigenvalue weighted by atomic mass is 16.5. The first-order valence-corrected chi connectivity index (χ1v) is 6.58. The number of methoxy groups -OCH3 is 1. The number of rotatable bonds is 1. The van der Waals surface area contributed by atoms with Crippen molar-refractivity contribution in [1.29, 1.82) is 0 Å². The van der Waals surface area contributed by atoms with E-state index in [-0.39, 0.29) is 17.8 Å². The first-order valence-electron chi connectivity index (χ1n) is 6.58. The zero-order valence-corrected chi connectivity index (χ0v) is 11.2. The fourth-order valence-electron chi connectivity index (χ4n) is 2.78. The van der Waals surface area contributed by atoms with Gasteiger partial charge in [-0.05, 0) is 18.9 Å². The minimum atomic E-state index is -0.307. The Kier molecular flexibility index (Phi) is 3.17. The molecule has 0 spiro atoms. The number of ether oxygens (including phenoxy) is 1. The zero-order chi connectivity index (χ0) is 14.1. The van der Waals surface area contributed by atoms with E-state index in [9.17, 15) is 9.59 Å². The largest absolute Gasteiger partial charge is 0.453 e. The van der Waals surface area contributed by atoms with Gasteiger partial charge in [0.15, 0.2) is 0 Å². The summed E-state index contributed by atoms with van der Waals surface area (Å²) < 4.78 is 6.48. The van der Waals surface area contributed by atoms with Gasteiger partial charge in [0.05, 0.1) is 24.3 Å². The van der Waals surface area contributed by atoms with Gasteiger partial charge in [0, 0.05) is 25.3 Å². The molecular weight excluding hydrogens is 260 g/mol. The van der Waals surface area contributed by atoms with Crippen molar-refractivity contribution in [2.45, 2.75) is 18.9 Å². The van der Waals surface area contributed by atoms with Crippen LogP contribution < -0.4 is 5.69 Å². The van der Waals surface area contributed by atoms with Gasteiger partial charge in [-0.3, -0.25) is 9.55 Å². The van der Waals surface area contributed by atoms with E-state index < -0.39 is 0 Å². The summed E-state index contributed by atoms with van der Waals surface area (Å²) in [6.07, 6.45) is 4.50. The number of piperidine rings is 1. The van der Waals surface area contributed by atoms with Crippen molar-refractivity contribution in [3.8, 4) is 0 Å². The van der Waals surface area contributed by atoms with Crippen LogP contribution in [-0.4, -0.2) is 45.7 Å². The predicted molar refractivity (Wildman–Crippen MR) is 72.6 cm³/mol. The number of fused-ring (bicyclic) bond motifs is 1. The van der Waals surface area contributed by atoms with Crippen LogP contribution in [0, 0.1) is 0 Å². The van der Waals surface area contributed by atoms with Crippen LogP contribution in [0.1, 0.15) is 18.9 Å². The third-order valence-corrected chi connectivity index (χ3v) is 3.78. The summed E-state index contributed by atoms with van der Waals surface area (Å²) in [4.78, 5) is 32.0. The number of H-pyrrole nitrogens is 1. The minimum absolute atomic E-state index is 0.0968. The number of amides is 1. The van der Waals surface area contributed by atoms with Crippen molar-refractivity contribution >= 4 is 17.1 Å². The highest BCUT2D eigenvalue weighted by molar-refractivity contribution is 5.73. The molecule has 2 aromatic heterocycles. The van der Waals surface area contributed by atoms with Crippen LogP contribution in [0.2, 0.25) is 0 Å². The molecule has 1 aliphatic rings. The Labute approximate surface area is 115 Å². The fourth-order valence-corrected chi connectivity index (χ4v) is 2.78. The van der Waals surface area contributed by atoms with Gasteiger partial charge >= 0.3 is 11.8 Å². The van der Waals surface area contributed by atoms with Crippen LogP contribution in [0.15, 0.2) is 23.3 Å². The molecule has 0 aromatic carbocycles. The number of likely N-dealkylation sites (tertiary alicyclic amines) is 1. The Bertz CT molecular complexity index is 682. The second-order valence-corrected chi connectivity index (χ2v) is 4.88. The first-order chi connectivity index (χ1) is 9.70. The van der Waals surface area contributed by atoms with E-state index in [0.29, 0.717) is 13.1 Å². The van der Waals surface area contributed by atoms with E-state index in [0.717, 1.165) is 23.9 Å². The molecule has 1 fully saturated rings. The molecule has 0 atom stereocenters. The molecule has 0 radical (unpaired) electrons. The molecule has 7 nitrogen and oxygen atoms in total. The lowest BCUT2D eigenvalue weighted by atomic mass is 10.1. The first kappa shape index (κ1) is 12.7. The highest BCUT2D eigenvalue weighted by Gasteiger charge is 2.26. The molecule has 1 saturated heterocycles. The predicted octanol–water partition coefficient (Wildman–Crippen LogP) is 1.13. The normalized spacial score (nSPS) is 16.6. The van der Waals surface area contributed by atoms with Gasteiger partial charge in [0.2, 0.25) is 0 Å². The van der Waals surface area contributed by atoms with Gasteiger partial charge in [-0.15, -0.1) is 0 Å². The lowest BCUT2D eigenvalue weighted by Crippen LogP contribution is -2.40. The Balaban J connectivity index is 1.85. The minimum Gasteiger partial charge on any atom is -0.453 e. The number of nitrogens with zero attached hydrogens (tertiary/aromatic N) is 3. The van der Waals surface area contributed by atoms with Crippen molar-refractivity contribution in [2.24, 2.45) is 0 Å². The number of carbonyl (C=O) groups excluding carboxylic acids is 1. The molecule has 1 amide bonds. The Morgan fingerprint density at radius 3 is 2.90 bits per heavy atom. The number of carbonyl (C=O) groups is 1. The highest BCUT2D eigenvalue weighted by Crippen LogP contribution is 2.24. The van der Waals surface area contributed by atoms with Crippen molar-refractivity contribution in [1.82, 2.24) is 19.4 Å². The number of pyridine rings is 1. The number of aromatic amines is 1. The van der Waals surface area contributed by atoms with E-state index in [2.05, 4.69) is 9.97 Å².